The quantitative estimate of drug-likeness (QED) is 0.633. The van der Waals surface area contributed by atoms with E-state index in [4.69, 9.17) is 19.3 Å². The fourth-order valence-electron chi connectivity index (χ4n) is 4.40. The van der Waals surface area contributed by atoms with E-state index < -0.39 is 19.3 Å². The van der Waals surface area contributed by atoms with Crippen LogP contribution in [0.1, 0.15) is 47.3 Å². The maximum Gasteiger partial charge on any atom is 0.119 e. The number of methoxy groups -OCH3 is 1. The van der Waals surface area contributed by atoms with Crippen LogP contribution in [0.3, 0.4) is 0 Å². The molecule has 1 saturated carbocycles. The van der Waals surface area contributed by atoms with Gasteiger partial charge in [0.05, 0.1) is 29.0 Å². The molecule has 0 amide bonds. The van der Waals surface area contributed by atoms with E-state index in [0.29, 0.717) is 31.6 Å². The number of hydrogen-bond acceptors (Lipinski definition) is 3. The molecule has 2 aliphatic rings. The summed E-state index contributed by atoms with van der Waals surface area (Å²) >= 11 is 0. The SMILES string of the molecule is [2H]C([2H])([2H])O[C@H]1CC[C@]2(CC1)Cc1ccc(OCCCF)cc1C2(N)C=C. The number of fused-ring (bicyclic) bond motifs is 1. The maximum atomic E-state index is 12.3. The number of hydrogen-bond donors (Lipinski definition) is 1. The molecule has 0 aromatic heterocycles. The van der Waals surface area contributed by atoms with Gasteiger partial charge in [-0.15, -0.1) is 6.58 Å². The standard InChI is InChI=1S/C20H28FNO2/c1-3-20(22)18-13-17(24-12-4-11-21)6-5-15(18)14-19(20)9-7-16(23-2)8-10-19/h3,5-6,13,16H,1,4,7-12,14,22H2,2H3/t16-,19-,20?/i2D3. The van der Waals surface area contributed by atoms with E-state index in [0.717, 1.165) is 24.8 Å². The molecule has 0 aliphatic heterocycles. The first kappa shape index (κ1) is 13.9. The molecule has 1 unspecified atom stereocenters. The Morgan fingerprint density at radius 2 is 2.25 bits per heavy atom. The smallest absolute Gasteiger partial charge is 0.119 e. The molecule has 132 valence electrons. The van der Waals surface area contributed by atoms with E-state index in [1.165, 1.54) is 5.56 Å². The van der Waals surface area contributed by atoms with Crippen LogP contribution in [-0.2, 0) is 16.7 Å². The first-order valence-corrected chi connectivity index (χ1v) is 8.65. The summed E-state index contributed by atoms with van der Waals surface area (Å²) in [5.74, 6) is 0.690. The molecule has 4 heteroatoms. The molecule has 0 bridgehead atoms. The van der Waals surface area contributed by atoms with Crippen molar-refractivity contribution in [3.8, 4) is 5.75 Å². The highest BCUT2D eigenvalue weighted by molar-refractivity contribution is 5.49. The van der Waals surface area contributed by atoms with Crippen LogP contribution in [0.15, 0.2) is 30.9 Å². The van der Waals surface area contributed by atoms with Gasteiger partial charge in [0, 0.05) is 18.9 Å². The van der Waals surface area contributed by atoms with E-state index >= 15 is 0 Å². The van der Waals surface area contributed by atoms with Crippen LogP contribution in [-0.4, -0.2) is 26.4 Å². The number of rotatable bonds is 6. The molecule has 2 aliphatic carbocycles. The summed E-state index contributed by atoms with van der Waals surface area (Å²) < 4.78 is 45.1. The van der Waals surface area contributed by atoms with Crippen molar-refractivity contribution in [3.05, 3.63) is 42.0 Å². The van der Waals surface area contributed by atoms with Crippen molar-refractivity contribution in [1.29, 1.82) is 0 Å². The van der Waals surface area contributed by atoms with Crippen molar-refractivity contribution >= 4 is 0 Å². The highest BCUT2D eigenvalue weighted by atomic mass is 19.1. The zero-order chi connectivity index (χ0) is 19.7. The molecule has 1 aromatic carbocycles. The van der Waals surface area contributed by atoms with Gasteiger partial charge in [-0.3, -0.25) is 4.39 Å². The van der Waals surface area contributed by atoms with E-state index in [1.54, 1.807) is 0 Å². The third kappa shape index (κ3) is 2.76. The monoisotopic (exact) mass is 336 g/mol. The van der Waals surface area contributed by atoms with Crippen LogP contribution in [0.2, 0.25) is 0 Å². The molecule has 1 fully saturated rings. The second-order valence-electron chi connectivity index (χ2n) is 7.06. The van der Waals surface area contributed by atoms with Crippen LogP contribution in [0.4, 0.5) is 4.39 Å². The Kier molecular flexibility index (Phi) is 3.95. The van der Waals surface area contributed by atoms with Crippen molar-refractivity contribution in [2.24, 2.45) is 11.1 Å². The van der Waals surface area contributed by atoms with Crippen molar-refractivity contribution in [2.75, 3.05) is 20.3 Å². The van der Waals surface area contributed by atoms with Gasteiger partial charge in [-0.2, -0.15) is 0 Å². The topological polar surface area (TPSA) is 44.5 Å². The molecular weight excluding hydrogens is 305 g/mol. The van der Waals surface area contributed by atoms with Crippen LogP contribution in [0, 0.1) is 5.41 Å². The highest BCUT2D eigenvalue weighted by Gasteiger charge is 2.54. The normalized spacial score (nSPS) is 34.2. The summed E-state index contributed by atoms with van der Waals surface area (Å²) in [6.07, 6.45) is 5.64. The van der Waals surface area contributed by atoms with Crippen LogP contribution < -0.4 is 10.5 Å². The number of halogens is 1. The summed E-state index contributed by atoms with van der Waals surface area (Å²) in [5.41, 5.74) is 8.17. The molecule has 1 spiro atoms. The zero-order valence-corrected chi connectivity index (χ0v) is 14.0. The van der Waals surface area contributed by atoms with E-state index in [2.05, 4.69) is 6.58 Å². The van der Waals surface area contributed by atoms with Crippen molar-refractivity contribution in [3.63, 3.8) is 0 Å². The average molecular weight is 336 g/mol. The van der Waals surface area contributed by atoms with Gasteiger partial charge in [0.2, 0.25) is 0 Å². The lowest BCUT2D eigenvalue weighted by molar-refractivity contribution is 0.00727. The summed E-state index contributed by atoms with van der Waals surface area (Å²) in [6.45, 7) is 3.94. The number of ether oxygens (including phenoxy) is 2. The van der Waals surface area contributed by atoms with Gasteiger partial charge in [-0.25, -0.2) is 0 Å². The summed E-state index contributed by atoms with van der Waals surface area (Å²) in [4.78, 5) is 0. The number of benzene rings is 1. The van der Waals surface area contributed by atoms with Gasteiger partial charge in [-0.1, -0.05) is 12.1 Å². The van der Waals surface area contributed by atoms with Gasteiger partial charge in [-0.05, 0) is 55.4 Å². The van der Waals surface area contributed by atoms with Gasteiger partial charge in [0.1, 0.15) is 5.75 Å². The Morgan fingerprint density at radius 3 is 2.92 bits per heavy atom. The van der Waals surface area contributed by atoms with Crippen molar-refractivity contribution < 1.29 is 18.0 Å². The molecule has 1 atom stereocenters. The van der Waals surface area contributed by atoms with Gasteiger partial charge in [0.25, 0.3) is 0 Å². The Balaban J connectivity index is 1.79. The minimum atomic E-state index is -2.36. The predicted molar refractivity (Wildman–Crippen MR) is 94.0 cm³/mol. The minimum Gasteiger partial charge on any atom is -0.493 e. The predicted octanol–water partition coefficient (Wildman–Crippen LogP) is 3.90. The van der Waals surface area contributed by atoms with E-state index in [1.807, 2.05) is 24.3 Å². The molecule has 3 nitrogen and oxygen atoms in total. The minimum absolute atomic E-state index is 0.191. The first-order chi connectivity index (χ1) is 12.7. The van der Waals surface area contributed by atoms with Crippen LogP contribution in [0.5, 0.6) is 5.75 Å². The Bertz CT molecular complexity index is 686. The zero-order valence-electron chi connectivity index (χ0n) is 17.0. The molecule has 0 heterocycles. The average Bonchev–Trinajstić information content (AvgIpc) is 2.85. The summed E-state index contributed by atoms with van der Waals surface area (Å²) in [6, 6.07) is 5.89. The molecule has 2 N–H and O–H groups in total. The summed E-state index contributed by atoms with van der Waals surface area (Å²) in [5, 5.41) is 0. The molecule has 3 rings (SSSR count). The largest absolute Gasteiger partial charge is 0.493 e. The van der Waals surface area contributed by atoms with E-state index in [-0.39, 0.29) is 11.5 Å². The van der Waals surface area contributed by atoms with Gasteiger partial charge >= 0.3 is 0 Å². The first-order valence-electron chi connectivity index (χ1n) is 10.2. The molecule has 0 saturated heterocycles. The lowest BCUT2D eigenvalue weighted by Gasteiger charge is -2.46. The second kappa shape index (κ2) is 6.85. The van der Waals surface area contributed by atoms with E-state index in [9.17, 15) is 4.39 Å². The molecular formula is C20H28FNO2. The lowest BCUT2D eigenvalue weighted by Crippen LogP contribution is -2.51. The lowest BCUT2D eigenvalue weighted by atomic mass is 9.62. The molecule has 0 radical (unpaired) electrons. The van der Waals surface area contributed by atoms with Crippen molar-refractivity contribution in [1.82, 2.24) is 0 Å². The Morgan fingerprint density at radius 1 is 1.46 bits per heavy atom. The fraction of sp³-hybridized carbons (Fsp3) is 0.600. The third-order valence-electron chi connectivity index (χ3n) is 5.86. The van der Waals surface area contributed by atoms with Crippen molar-refractivity contribution in [2.45, 2.75) is 50.2 Å². The number of nitrogens with two attached hydrogens (primary N) is 1. The van der Waals surface area contributed by atoms with Crippen LogP contribution in [0.25, 0.3) is 0 Å². The Hall–Kier alpha value is -1.39. The second-order valence-corrected chi connectivity index (χ2v) is 7.06. The molecule has 1 aromatic rings. The maximum absolute atomic E-state index is 12.3. The van der Waals surface area contributed by atoms with Gasteiger partial charge in [0.15, 0.2) is 0 Å². The van der Waals surface area contributed by atoms with Gasteiger partial charge < -0.3 is 15.2 Å². The Labute approximate surface area is 148 Å². The highest BCUT2D eigenvalue weighted by Crippen LogP contribution is 2.57. The third-order valence-corrected chi connectivity index (χ3v) is 5.86. The number of alkyl halides is 1. The van der Waals surface area contributed by atoms with Crippen LogP contribution >= 0.6 is 0 Å². The molecule has 24 heavy (non-hydrogen) atoms. The summed E-state index contributed by atoms with van der Waals surface area (Å²) in [7, 11) is -2.36. The fourth-order valence-corrected chi connectivity index (χ4v) is 4.40.